The van der Waals surface area contributed by atoms with E-state index in [-0.39, 0.29) is 5.92 Å². The van der Waals surface area contributed by atoms with Crippen LogP contribution in [0.2, 0.25) is 0 Å². The molecule has 2 rings (SSSR count). The van der Waals surface area contributed by atoms with E-state index in [0.717, 1.165) is 16.7 Å². The van der Waals surface area contributed by atoms with Gasteiger partial charge in [0.2, 0.25) is 6.08 Å². The van der Waals surface area contributed by atoms with E-state index in [2.05, 4.69) is 9.98 Å². The van der Waals surface area contributed by atoms with Crippen LogP contribution in [0, 0.1) is 11.3 Å². The van der Waals surface area contributed by atoms with Gasteiger partial charge < -0.3 is 0 Å². The number of isocyanates is 1. The van der Waals surface area contributed by atoms with Gasteiger partial charge in [-0.1, -0.05) is 32.0 Å². The number of pyridine rings is 1. The Morgan fingerprint density at radius 3 is 2.75 bits per heavy atom. The Labute approximate surface area is 117 Å². The molecule has 0 saturated heterocycles. The van der Waals surface area contributed by atoms with Gasteiger partial charge >= 0.3 is 0 Å². The third kappa shape index (κ3) is 2.64. The lowest BCUT2D eigenvalue weighted by Gasteiger charge is -2.13. The summed E-state index contributed by atoms with van der Waals surface area (Å²) in [6.07, 6.45) is 3.19. The van der Waals surface area contributed by atoms with Gasteiger partial charge in [-0.05, 0) is 29.2 Å². The van der Waals surface area contributed by atoms with E-state index in [1.165, 1.54) is 0 Å². The Balaban J connectivity index is 2.70. The molecule has 4 nitrogen and oxygen atoms in total. The van der Waals surface area contributed by atoms with Gasteiger partial charge in [0, 0.05) is 11.8 Å². The number of aromatic nitrogens is 1. The molecule has 0 N–H and O–H groups in total. The van der Waals surface area contributed by atoms with Crippen LogP contribution in [0.5, 0.6) is 0 Å². The number of aliphatic imine (C=N–C) groups is 1. The van der Waals surface area contributed by atoms with Crippen molar-refractivity contribution in [3.05, 3.63) is 47.8 Å². The molecule has 0 aliphatic rings. The van der Waals surface area contributed by atoms with Crippen LogP contribution in [0.15, 0.2) is 41.5 Å². The second-order valence-corrected chi connectivity index (χ2v) is 4.64. The summed E-state index contributed by atoms with van der Waals surface area (Å²) in [5, 5.41) is 8.93. The van der Waals surface area contributed by atoms with Crippen molar-refractivity contribution >= 4 is 11.8 Å². The van der Waals surface area contributed by atoms with Crippen LogP contribution in [0.1, 0.15) is 31.0 Å². The normalized spacial score (nSPS) is 9.90. The van der Waals surface area contributed by atoms with Gasteiger partial charge in [0.15, 0.2) is 0 Å². The number of benzene rings is 1. The van der Waals surface area contributed by atoms with Crippen molar-refractivity contribution in [3.8, 4) is 17.2 Å². The molecule has 1 aromatic carbocycles. The van der Waals surface area contributed by atoms with Gasteiger partial charge in [0.1, 0.15) is 11.8 Å². The average Bonchev–Trinajstić information content (AvgIpc) is 2.47. The summed E-state index contributed by atoms with van der Waals surface area (Å²) in [6.45, 7) is 4.08. The molecule has 0 aliphatic carbocycles. The van der Waals surface area contributed by atoms with Crippen LogP contribution in [-0.2, 0) is 4.79 Å². The fourth-order valence-corrected chi connectivity index (χ4v) is 2.09. The van der Waals surface area contributed by atoms with Crippen molar-refractivity contribution in [1.82, 2.24) is 4.98 Å². The van der Waals surface area contributed by atoms with Crippen LogP contribution in [-0.4, -0.2) is 11.1 Å². The monoisotopic (exact) mass is 263 g/mol. The smallest absolute Gasteiger partial charge is 0.240 e. The van der Waals surface area contributed by atoms with Crippen LogP contribution >= 0.6 is 0 Å². The van der Waals surface area contributed by atoms with Crippen molar-refractivity contribution in [3.63, 3.8) is 0 Å². The van der Waals surface area contributed by atoms with Gasteiger partial charge in [-0.3, -0.25) is 0 Å². The zero-order valence-corrected chi connectivity index (χ0v) is 11.3. The summed E-state index contributed by atoms with van der Waals surface area (Å²) >= 11 is 0. The molecule has 0 spiro atoms. The number of para-hydroxylation sites is 1. The first-order valence-corrected chi connectivity index (χ1v) is 6.24. The van der Waals surface area contributed by atoms with Crippen molar-refractivity contribution in [2.24, 2.45) is 4.99 Å². The predicted octanol–water partition coefficient (Wildman–Crippen LogP) is 3.71. The molecular weight excluding hydrogens is 250 g/mol. The summed E-state index contributed by atoms with van der Waals surface area (Å²) in [5.41, 5.74) is 3.53. The first-order chi connectivity index (χ1) is 9.67. The molecule has 0 amide bonds. The minimum atomic E-state index is 0.235. The van der Waals surface area contributed by atoms with E-state index in [9.17, 15) is 4.79 Å². The lowest BCUT2D eigenvalue weighted by Crippen LogP contribution is -1.91. The quantitative estimate of drug-likeness (QED) is 0.626. The number of rotatable bonds is 3. The maximum atomic E-state index is 10.7. The van der Waals surface area contributed by atoms with Crippen LogP contribution in [0.25, 0.3) is 11.1 Å². The fourth-order valence-electron chi connectivity index (χ4n) is 2.09. The standard InChI is InChI=1S/C16H13N3O/c1-11(2)14-4-3-5-15(16(14)19-10-20)12-6-7-18-13(8-12)9-17/h3-8,11H,1-2H3. The molecule has 0 aliphatic heterocycles. The Kier molecular flexibility index (Phi) is 4.05. The van der Waals surface area contributed by atoms with Crippen LogP contribution in [0.4, 0.5) is 5.69 Å². The first-order valence-electron chi connectivity index (χ1n) is 6.24. The average molecular weight is 263 g/mol. The molecule has 4 heteroatoms. The minimum Gasteiger partial charge on any atom is -0.246 e. The van der Waals surface area contributed by atoms with E-state index >= 15 is 0 Å². The predicted molar refractivity (Wildman–Crippen MR) is 76.3 cm³/mol. The molecule has 1 heterocycles. The topological polar surface area (TPSA) is 66.1 Å². The second kappa shape index (κ2) is 5.92. The Morgan fingerprint density at radius 2 is 2.10 bits per heavy atom. The lowest BCUT2D eigenvalue weighted by molar-refractivity contribution is 0.565. The molecule has 98 valence electrons. The minimum absolute atomic E-state index is 0.235. The van der Waals surface area contributed by atoms with Gasteiger partial charge in [-0.15, -0.1) is 0 Å². The largest absolute Gasteiger partial charge is 0.246 e. The fraction of sp³-hybridized carbons (Fsp3) is 0.188. The summed E-state index contributed by atoms with van der Waals surface area (Å²) in [5.74, 6) is 0.235. The van der Waals surface area contributed by atoms with Crippen molar-refractivity contribution in [2.45, 2.75) is 19.8 Å². The molecule has 0 fully saturated rings. The highest BCUT2D eigenvalue weighted by atomic mass is 16.1. The summed E-state index contributed by atoms with van der Waals surface area (Å²) in [7, 11) is 0. The number of hydrogen-bond acceptors (Lipinski definition) is 4. The van der Waals surface area contributed by atoms with E-state index in [0.29, 0.717) is 11.4 Å². The maximum Gasteiger partial charge on any atom is 0.240 e. The van der Waals surface area contributed by atoms with E-state index in [1.54, 1.807) is 24.4 Å². The van der Waals surface area contributed by atoms with E-state index < -0.39 is 0 Å². The van der Waals surface area contributed by atoms with E-state index in [4.69, 9.17) is 5.26 Å². The lowest BCUT2D eigenvalue weighted by atomic mass is 9.94. The third-order valence-corrected chi connectivity index (χ3v) is 3.03. The Hall–Kier alpha value is -2.76. The van der Waals surface area contributed by atoms with Crippen molar-refractivity contribution in [1.29, 1.82) is 5.26 Å². The second-order valence-electron chi connectivity index (χ2n) is 4.64. The molecule has 20 heavy (non-hydrogen) atoms. The highest BCUT2D eigenvalue weighted by molar-refractivity contribution is 5.80. The molecule has 2 aromatic rings. The Bertz CT molecular complexity index is 723. The number of nitriles is 1. The number of nitrogens with zero attached hydrogens (tertiary/aromatic N) is 3. The van der Waals surface area contributed by atoms with Gasteiger partial charge in [-0.25, -0.2) is 9.78 Å². The molecule has 0 saturated carbocycles. The van der Waals surface area contributed by atoms with E-state index in [1.807, 2.05) is 38.1 Å². The molecule has 1 aromatic heterocycles. The number of carbonyl (C=O) groups excluding carboxylic acids is 1. The molecule has 0 unspecified atom stereocenters. The van der Waals surface area contributed by atoms with Crippen LogP contribution in [0.3, 0.4) is 0 Å². The summed E-state index contributed by atoms with van der Waals surface area (Å²) in [6, 6.07) is 11.2. The summed E-state index contributed by atoms with van der Waals surface area (Å²) in [4.78, 5) is 18.5. The third-order valence-electron chi connectivity index (χ3n) is 3.03. The number of hydrogen-bond donors (Lipinski definition) is 0. The summed E-state index contributed by atoms with van der Waals surface area (Å²) < 4.78 is 0. The van der Waals surface area contributed by atoms with Gasteiger partial charge in [0.05, 0.1) is 5.69 Å². The molecule has 0 radical (unpaired) electrons. The highest BCUT2D eigenvalue weighted by Gasteiger charge is 2.12. The van der Waals surface area contributed by atoms with Gasteiger partial charge in [-0.2, -0.15) is 10.3 Å². The molecular formula is C16H13N3O. The zero-order valence-electron chi connectivity index (χ0n) is 11.3. The highest BCUT2D eigenvalue weighted by Crippen LogP contribution is 2.36. The molecule has 0 atom stereocenters. The zero-order chi connectivity index (χ0) is 14.5. The Morgan fingerprint density at radius 1 is 1.30 bits per heavy atom. The van der Waals surface area contributed by atoms with Crippen molar-refractivity contribution in [2.75, 3.05) is 0 Å². The first kappa shape index (κ1) is 13.7. The maximum absolute atomic E-state index is 10.7. The van der Waals surface area contributed by atoms with Gasteiger partial charge in [0.25, 0.3) is 0 Å². The SMILES string of the molecule is CC(C)c1cccc(-c2ccnc(C#N)c2)c1N=C=O. The van der Waals surface area contributed by atoms with Crippen LogP contribution < -0.4 is 0 Å². The van der Waals surface area contributed by atoms with Crippen molar-refractivity contribution < 1.29 is 4.79 Å². The molecule has 0 bridgehead atoms.